The van der Waals surface area contributed by atoms with E-state index in [9.17, 15) is 9.18 Å². The summed E-state index contributed by atoms with van der Waals surface area (Å²) in [6.45, 7) is 1.69. The van der Waals surface area contributed by atoms with Crippen molar-refractivity contribution >= 4 is 43.5 Å². The Labute approximate surface area is 126 Å². The summed E-state index contributed by atoms with van der Waals surface area (Å²) in [4.78, 5) is 12.0. The van der Waals surface area contributed by atoms with Gasteiger partial charge in [0.1, 0.15) is 11.9 Å². The van der Waals surface area contributed by atoms with Crippen LogP contribution in [0.4, 0.5) is 10.1 Å². The van der Waals surface area contributed by atoms with E-state index in [2.05, 4.69) is 42.3 Å². The SMILES string of the molecule is CC(C(=O)Nc1ccc(Br)cc1F)n1cc(Br)cn1. The molecular weight excluding hydrogens is 381 g/mol. The van der Waals surface area contributed by atoms with Gasteiger partial charge in [0.2, 0.25) is 5.91 Å². The molecule has 0 radical (unpaired) electrons. The zero-order valence-electron chi connectivity index (χ0n) is 9.90. The topological polar surface area (TPSA) is 46.9 Å². The Morgan fingerprint density at radius 1 is 1.42 bits per heavy atom. The highest BCUT2D eigenvalue weighted by Gasteiger charge is 2.17. The van der Waals surface area contributed by atoms with Crippen molar-refractivity contribution in [3.8, 4) is 0 Å². The summed E-state index contributed by atoms with van der Waals surface area (Å²) in [5.41, 5.74) is 0.145. The van der Waals surface area contributed by atoms with E-state index in [0.717, 1.165) is 4.47 Å². The number of rotatable bonds is 3. The molecule has 0 saturated heterocycles. The van der Waals surface area contributed by atoms with Gasteiger partial charge in [-0.15, -0.1) is 0 Å². The van der Waals surface area contributed by atoms with Gasteiger partial charge in [-0.25, -0.2) is 4.39 Å². The standard InChI is InChI=1S/C12H10Br2FN3O/c1-7(18-6-9(14)5-16-18)12(19)17-11-3-2-8(13)4-10(11)15/h2-7H,1H3,(H,17,19). The first-order valence-corrected chi connectivity index (χ1v) is 7.01. The van der Waals surface area contributed by atoms with Gasteiger partial charge in [-0.05, 0) is 41.1 Å². The van der Waals surface area contributed by atoms with Crippen molar-refractivity contribution in [2.45, 2.75) is 13.0 Å². The normalized spacial score (nSPS) is 12.2. The van der Waals surface area contributed by atoms with Crippen molar-refractivity contribution in [2.24, 2.45) is 0 Å². The molecule has 0 aliphatic heterocycles. The van der Waals surface area contributed by atoms with Crippen molar-refractivity contribution < 1.29 is 9.18 Å². The molecule has 0 fully saturated rings. The summed E-state index contributed by atoms with van der Waals surface area (Å²) < 4.78 is 16.5. The van der Waals surface area contributed by atoms with Gasteiger partial charge in [0, 0.05) is 10.7 Å². The van der Waals surface area contributed by atoms with E-state index in [1.54, 1.807) is 25.4 Å². The molecular formula is C12H10Br2FN3O. The van der Waals surface area contributed by atoms with E-state index in [-0.39, 0.29) is 11.6 Å². The number of anilines is 1. The molecule has 1 amide bonds. The van der Waals surface area contributed by atoms with Crippen molar-refractivity contribution in [1.82, 2.24) is 9.78 Å². The van der Waals surface area contributed by atoms with E-state index in [1.807, 2.05) is 0 Å². The van der Waals surface area contributed by atoms with Crippen LogP contribution in [-0.4, -0.2) is 15.7 Å². The zero-order valence-corrected chi connectivity index (χ0v) is 13.1. The van der Waals surface area contributed by atoms with Gasteiger partial charge in [-0.2, -0.15) is 5.10 Å². The van der Waals surface area contributed by atoms with Crippen molar-refractivity contribution in [1.29, 1.82) is 0 Å². The third-order valence-electron chi connectivity index (χ3n) is 2.54. The van der Waals surface area contributed by atoms with Crippen LogP contribution in [0.25, 0.3) is 0 Å². The van der Waals surface area contributed by atoms with Crippen molar-refractivity contribution in [3.63, 3.8) is 0 Å². The third-order valence-corrected chi connectivity index (χ3v) is 3.44. The molecule has 4 nitrogen and oxygen atoms in total. The van der Waals surface area contributed by atoms with Gasteiger partial charge >= 0.3 is 0 Å². The lowest BCUT2D eigenvalue weighted by atomic mass is 10.2. The van der Waals surface area contributed by atoms with Crippen LogP contribution >= 0.6 is 31.9 Å². The Morgan fingerprint density at radius 3 is 2.74 bits per heavy atom. The number of halogens is 3. The first-order chi connectivity index (χ1) is 8.97. The Morgan fingerprint density at radius 2 is 2.16 bits per heavy atom. The molecule has 1 heterocycles. The summed E-state index contributed by atoms with van der Waals surface area (Å²) in [5.74, 6) is -0.826. The second-order valence-electron chi connectivity index (χ2n) is 3.93. The Hall–Kier alpha value is -1.21. The van der Waals surface area contributed by atoms with E-state index in [0.29, 0.717) is 4.47 Å². The number of nitrogens with one attached hydrogen (secondary N) is 1. The molecule has 1 N–H and O–H groups in total. The molecule has 0 aliphatic rings. The predicted molar refractivity (Wildman–Crippen MR) is 77.4 cm³/mol. The summed E-state index contributed by atoms with van der Waals surface area (Å²) in [6.07, 6.45) is 3.27. The summed E-state index contributed by atoms with van der Waals surface area (Å²) in [7, 11) is 0. The van der Waals surface area contributed by atoms with Crippen LogP contribution in [0.1, 0.15) is 13.0 Å². The molecule has 1 unspecified atom stereocenters. The highest BCUT2D eigenvalue weighted by Crippen LogP contribution is 2.20. The first kappa shape index (κ1) is 14.2. The third kappa shape index (κ3) is 3.42. The lowest BCUT2D eigenvalue weighted by Crippen LogP contribution is -2.24. The predicted octanol–water partition coefficient (Wildman–Crippen LogP) is 3.75. The quantitative estimate of drug-likeness (QED) is 0.867. The number of nitrogens with zero attached hydrogens (tertiary/aromatic N) is 2. The number of aromatic nitrogens is 2. The van der Waals surface area contributed by atoms with Gasteiger partial charge in [0.15, 0.2) is 0 Å². The van der Waals surface area contributed by atoms with Gasteiger partial charge < -0.3 is 5.32 Å². The smallest absolute Gasteiger partial charge is 0.249 e. The fraction of sp³-hybridized carbons (Fsp3) is 0.167. The van der Waals surface area contributed by atoms with Crippen molar-refractivity contribution in [2.75, 3.05) is 5.32 Å². The molecule has 2 aromatic rings. The number of carbonyl (C=O) groups is 1. The summed E-state index contributed by atoms with van der Waals surface area (Å²) in [6, 6.07) is 3.93. The van der Waals surface area contributed by atoms with Crippen LogP contribution in [-0.2, 0) is 4.79 Å². The summed E-state index contributed by atoms with van der Waals surface area (Å²) in [5, 5.41) is 6.56. The van der Waals surface area contributed by atoms with Crippen LogP contribution in [0.15, 0.2) is 39.5 Å². The number of amides is 1. The first-order valence-electron chi connectivity index (χ1n) is 5.43. The molecule has 2 rings (SSSR count). The fourth-order valence-electron chi connectivity index (χ4n) is 1.47. The average Bonchev–Trinajstić information content (AvgIpc) is 2.78. The summed E-state index contributed by atoms with van der Waals surface area (Å²) >= 11 is 6.41. The molecule has 1 aromatic carbocycles. The van der Waals surface area contributed by atoms with Crippen molar-refractivity contribution in [3.05, 3.63) is 45.4 Å². The molecule has 0 aliphatic carbocycles. The van der Waals surface area contributed by atoms with Crippen LogP contribution in [0.3, 0.4) is 0 Å². The fourth-order valence-corrected chi connectivity index (χ4v) is 2.11. The monoisotopic (exact) mass is 389 g/mol. The molecule has 1 atom stereocenters. The van der Waals surface area contributed by atoms with Gasteiger partial charge in [0.05, 0.1) is 16.4 Å². The molecule has 0 bridgehead atoms. The van der Waals surface area contributed by atoms with Gasteiger partial charge in [-0.1, -0.05) is 15.9 Å². The zero-order chi connectivity index (χ0) is 14.0. The van der Waals surface area contributed by atoms with Crippen LogP contribution in [0.2, 0.25) is 0 Å². The van der Waals surface area contributed by atoms with Crippen LogP contribution in [0.5, 0.6) is 0 Å². The number of hydrogen-bond acceptors (Lipinski definition) is 2. The minimum absolute atomic E-state index is 0.145. The minimum Gasteiger partial charge on any atom is -0.322 e. The van der Waals surface area contributed by atoms with E-state index in [4.69, 9.17) is 0 Å². The Balaban J connectivity index is 2.12. The lowest BCUT2D eigenvalue weighted by molar-refractivity contribution is -0.119. The largest absolute Gasteiger partial charge is 0.322 e. The van der Waals surface area contributed by atoms with Crippen LogP contribution < -0.4 is 5.32 Å². The number of carbonyl (C=O) groups excluding carboxylic acids is 1. The molecule has 7 heteroatoms. The average molecular weight is 391 g/mol. The Kier molecular flexibility index (Phi) is 4.36. The Bertz CT molecular complexity index is 615. The maximum absolute atomic E-state index is 13.6. The highest BCUT2D eigenvalue weighted by atomic mass is 79.9. The molecule has 100 valence electrons. The molecule has 0 spiro atoms. The second kappa shape index (κ2) is 5.83. The van der Waals surface area contributed by atoms with Gasteiger partial charge in [-0.3, -0.25) is 9.48 Å². The highest BCUT2D eigenvalue weighted by molar-refractivity contribution is 9.10. The lowest BCUT2D eigenvalue weighted by Gasteiger charge is -2.13. The van der Waals surface area contributed by atoms with Gasteiger partial charge in [0.25, 0.3) is 0 Å². The van der Waals surface area contributed by atoms with Crippen LogP contribution in [0, 0.1) is 5.82 Å². The second-order valence-corrected chi connectivity index (χ2v) is 5.76. The molecule has 0 saturated carbocycles. The maximum Gasteiger partial charge on any atom is 0.249 e. The van der Waals surface area contributed by atoms with E-state index in [1.165, 1.54) is 16.8 Å². The number of hydrogen-bond donors (Lipinski definition) is 1. The van der Waals surface area contributed by atoms with E-state index < -0.39 is 11.9 Å². The molecule has 19 heavy (non-hydrogen) atoms. The maximum atomic E-state index is 13.6. The minimum atomic E-state index is -0.533. The molecule has 1 aromatic heterocycles. The van der Waals surface area contributed by atoms with E-state index >= 15 is 0 Å². The number of benzene rings is 1.